The lowest BCUT2D eigenvalue weighted by Crippen LogP contribution is -2.23. The Hall–Kier alpha value is -0.770. The van der Waals surface area contributed by atoms with Crippen molar-refractivity contribution in [1.82, 2.24) is 0 Å². The molecule has 0 atom stereocenters. The number of rotatable bonds is 2. The largest absolute Gasteiger partial charge is 0.303 e. The van der Waals surface area contributed by atoms with Gasteiger partial charge in [-0.3, -0.25) is 0 Å². The van der Waals surface area contributed by atoms with E-state index in [9.17, 15) is 4.79 Å². The molecular weight excluding hydrogens is 160 g/mol. The van der Waals surface area contributed by atoms with Crippen molar-refractivity contribution in [3.8, 4) is 12.3 Å². The molecule has 13 heavy (non-hydrogen) atoms. The molecule has 0 saturated heterocycles. The van der Waals surface area contributed by atoms with Gasteiger partial charge in [-0.2, -0.15) is 0 Å². The van der Waals surface area contributed by atoms with Gasteiger partial charge in [-0.1, -0.05) is 32.1 Å². The van der Waals surface area contributed by atoms with Crippen LogP contribution in [0, 0.1) is 17.8 Å². The van der Waals surface area contributed by atoms with Crippen molar-refractivity contribution in [3.05, 3.63) is 0 Å². The first-order chi connectivity index (χ1) is 6.33. The van der Waals surface area contributed by atoms with Gasteiger partial charge in [0.1, 0.15) is 6.29 Å². The molecule has 0 bridgehead atoms. The van der Waals surface area contributed by atoms with Gasteiger partial charge in [-0.25, -0.2) is 0 Å². The summed E-state index contributed by atoms with van der Waals surface area (Å²) in [5.41, 5.74) is -0.171. The first kappa shape index (κ1) is 10.3. The number of terminal acetylenes is 1. The molecule has 1 rings (SSSR count). The minimum Gasteiger partial charge on any atom is -0.303 e. The maximum atomic E-state index is 11.0. The van der Waals surface area contributed by atoms with E-state index in [0.717, 1.165) is 19.1 Å². The standard InChI is InChI=1S/C12H18O/c1-2-8-12(11-13)9-6-4-3-5-7-10-12/h1,11H,3-10H2. The Kier molecular flexibility index (Phi) is 4.02. The van der Waals surface area contributed by atoms with E-state index in [1.54, 1.807) is 0 Å². The average molecular weight is 178 g/mol. The highest BCUT2D eigenvalue weighted by Gasteiger charge is 2.28. The Morgan fingerprint density at radius 2 is 1.69 bits per heavy atom. The lowest BCUT2D eigenvalue weighted by Gasteiger charge is -2.27. The van der Waals surface area contributed by atoms with Crippen LogP contribution in [0.4, 0.5) is 0 Å². The number of carbonyl (C=O) groups excluding carboxylic acids is 1. The minimum atomic E-state index is -0.171. The van der Waals surface area contributed by atoms with Crippen LogP contribution < -0.4 is 0 Å². The van der Waals surface area contributed by atoms with E-state index in [1.165, 1.54) is 32.1 Å². The van der Waals surface area contributed by atoms with Crippen molar-refractivity contribution in [1.29, 1.82) is 0 Å². The monoisotopic (exact) mass is 178 g/mol. The summed E-state index contributed by atoms with van der Waals surface area (Å²) in [6.45, 7) is 0. The van der Waals surface area contributed by atoms with Crippen molar-refractivity contribution in [2.45, 2.75) is 51.4 Å². The van der Waals surface area contributed by atoms with Crippen molar-refractivity contribution in [2.75, 3.05) is 0 Å². The van der Waals surface area contributed by atoms with Gasteiger partial charge in [0.15, 0.2) is 0 Å². The third-order valence-corrected chi connectivity index (χ3v) is 3.05. The second-order valence-corrected chi connectivity index (χ2v) is 4.13. The molecule has 1 saturated carbocycles. The predicted octanol–water partition coefficient (Wildman–Crippen LogP) is 2.94. The quantitative estimate of drug-likeness (QED) is 0.469. The highest BCUT2D eigenvalue weighted by atomic mass is 16.1. The van der Waals surface area contributed by atoms with E-state index >= 15 is 0 Å². The van der Waals surface area contributed by atoms with Crippen LogP contribution in [0.5, 0.6) is 0 Å². The molecule has 72 valence electrons. The van der Waals surface area contributed by atoms with Gasteiger partial charge < -0.3 is 4.79 Å². The smallest absolute Gasteiger partial charge is 0.127 e. The molecule has 0 aromatic heterocycles. The summed E-state index contributed by atoms with van der Waals surface area (Å²) in [5, 5.41) is 0. The fourth-order valence-corrected chi connectivity index (χ4v) is 2.15. The maximum absolute atomic E-state index is 11.0. The topological polar surface area (TPSA) is 17.1 Å². The Labute approximate surface area is 80.9 Å². The van der Waals surface area contributed by atoms with Crippen molar-refractivity contribution < 1.29 is 4.79 Å². The van der Waals surface area contributed by atoms with E-state index in [4.69, 9.17) is 6.42 Å². The summed E-state index contributed by atoms with van der Waals surface area (Å²) in [6, 6.07) is 0. The fourth-order valence-electron chi connectivity index (χ4n) is 2.15. The highest BCUT2D eigenvalue weighted by molar-refractivity contribution is 5.60. The number of aldehydes is 1. The molecule has 1 heteroatoms. The van der Waals surface area contributed by atoms with Crippen LogP contribution in [0.25, 0.3) is 0 Å². The van der Waals surface area contributed by atoms with Gasteiger partial charge >= 0.3 is 0 Å². The Morgan fingerprint density at radius 1 is 1.15 bits per heavy atom. The molecule has 0 N–H and O–H groups in total. The minimum absolute atomic E-state index is 0.171. The first-order valence-electron chi connectivity index (χ1n) is 5.23. The molecule has 1 aliphatic carbocycles. The molecule has 0 spiro atoms. The van der Waals surface area contributed by atoms with E-state index in [-0.39, 0.29) is 5.41 Å². The van der Waals surface area contributed by atoms with E-state index in [0.29, 0.717) is 6.42 Å². The highest BCUT2D eigenvalue weighted by Crippen LogP contribution is 2.34. The second-order valence-electron chi connectivity index (χ2n) is 4.13. The van der Waals surface area contributed by atoms with Crippen molar-refractivity contribution in [2.24, 2.45) is 5.41 Å². The van der Waals surface area contributed by atoms with Crippen LogP contribution in [0.3, 0.4) is 0 Å². The molecule has 1 nitrogen and oxygen atoms in total. The van der Waals surface area contributed by atoms with E-state index in [2.05, 4.69) is 5.92 Å². The summed E-state index contributed by atoms with van der Waals surface area (Å²) in [5.74, 6) is 2.65. The summed E-state index contributed by atoms with van der Waals surface area (Å²) >= 11 is 0. The van der Waals surface area contributed by atoms with E-state index < -0.39 is 0 Å². The predicted molar refractivity (Wildman–Crippen MR) is 54.3 cm³/mol. The lowest BCUT2D eigenvalue weighted by atomic mass is 9.75. The van der Waals surface area contributed by atoms with Crippen LogP contribution in [0.2, 0.25) is 0 Å². The zero-order valence-electron chi connectivity index (χ0n) is 8.22. The van der Waals surface area contributed by atoms with Crippen LogP contribution in [-0.2, 0) is 4.79 Å². The van der Waals surface area contributed by atoms with Gasteiger partial charge in [0.05, 0.1) is 0 Å². The van der Waals surface area contributed by atoms with Crippen LogP contribution in [0.1, 0.15) is 51.4 Å². The zero-order chi connectivity index (χ0) is 9.57. The summed E-state index contributed by atoms with van der Waals surface area (Å²) in [6.07, 6.45) is 15.2. The SMILES string of the molecule is C#CCC1(C=O)CCCCCCC1. The second kappa shape index (κ2) is 5.07. The molecule has 0 aromatic rings. The first-order valence-corrected chi connectivity index (χ1v) is 5.23. The molecule has 0 amide bonds. The van der Waals surface area contributed by atoms with Crippen molar-refractivity contribution in [3.63, 3.8) is 0 Å². The Bertz CT molecular complexity index is 192. The van der Waals surface area contributed by atoms with Crippen LogP contribution in [0.15, 0.2) is 0 Å². The van der Waals surface area contributed by atoms with Gasteiger partial charge in [-0.05, 0) is 12.8 Å². The lowest BCUT2D eigenvalue weighted by molar-refractivity contribution is -0.117. The number of carbonyl (C=O) groups is 1. The van der Waals surface area contributed by atoms with Crippen LogP contribution in [-0.4, -0.2) is 6.29 Å². The molecule has 0 heterocycles. The van der Waals surface area contributed by atoms with Gasteiger partial charge in [0, 0.05) is 11.8 Å². The molecule has 0 radical (unpaired) electrons. The average Bonchev–Trinajstić information content (AvgIpc) is 2.10. The van der Waals surface area contributed by atoms with Crippen LogP contribution >= 0.6 is 0 Å². The molecular formula is C12H18O. The van der Waals surface area contributed by atoms with Crippen molar-refractivity contribution >= 4 is 6.29 Å². The molecule has 0 unspecified atom stereocenters. The maximum Gasteiger partial charge on any atom is 0.127 e. The fraction of sp³-hybridized carbons (Fsp3) is 0.750. The molecule has 0 aromatic carbocycles. The van der Waals surface area contributed by atoms with Gasteiger partial charge in [0.25, 0.3) is 0 Å². The Balaban J connectivity index is 2.58. The third kappa shape index (κ3) is 2.88. The molecule has 0 aliphatic heterocycles. The third-order valence-electron chi connectivity index (χ3n) is 3.05. The molecule has 1 fully saturated rings. The molecule has 1 aliphatic rings. The Morgan fingerprint density at radius 3 is 2.15 bits per heavy atom. The summed E-state index contributed by atoms with van der Waals surface area (Å²) in [4.78, 5) is 11.0. The van der Waals surface area contributed by atoms with Gasteiger partial charge in [-0.15, -0.1) is 12.3 Å². The summed E-state index contributed by atoms with van der Waals surface area (Å²) < 4.78 is 0. The normalized spacial score (nSPS) is 22.4. The zero-order valence-corrected chi connectivity index (χ0v) is 8.22. The summed E-state index contributed by atoms with van der Waals surface area (Å²) in [7, 11) is 0. The van der Waals surface area contributed by atoms with E-state index in [1.807, 2.05) is 0 Å². The van der Waals surface area contributed by atoms with Gasteiger partial charge in [0.2, 0.25) is 0 Å². The number of hydrogen-bond donors (Lipinski definition) is 0. The number of hydrogen-bond acceptors (Lipinski definition) is 1.